The maximum absolute atomic E-state index is 12.5. The van der Waals surface area contributed by atoms with Crippen LogP contribution in [0.5, 0.6) is 0 Å². The molecule has 1 fully saturated rings. The standard InChI is InChI=1S/C13H22N2O5/c1-9-2-4-13(8-14,5-3-9)12(20)15(6-10(16)17)7-11(18)19/h9H,2-8,14H2,1H3,(H,16,17)(H,18,19). The molecule has 0 spiro atoms. The molecule has 20 heavy (non-hydrogen) atoms. The van der Waals surface area contributed by atoms with Gasteiger partial charge in [-0.3, -0.25) is 14.4 Å². The van der Waals surface area contributed by atoms with E-state index in [4.69, 9.17) is 15.9 Å². The third-order valence-electron chi connectivity index (χ3n) is 4.02. The Morgan fingerprint density at radius 1 is 1.15 bits per heavy atom. The molecule has 0 aliphatic heterocycles. The molecule has 1 aliphatic carbocycles. The van der Waals surface area contributed by atoms with E-state index >= 15 is 0 Å². The van der Waals surface area contributed by atoms with Gasteiger partial charge in [-0.2, -0.15) is 0 Å². The number of carboxylic acids is 2. The van der Waals surface area contributed by atoms with Crippen molar-refractivity contribution in [3.8, 4) is 0 Å². The summed E-state index contributed by atoms with van der Waals surface area (Å²) in [5.41, 5.74) is 4.93. The summed E-state index contributed by atoms with van der Waals surface area (Å²) in [6.45, 7) is 0.996. The average Bonchev–Trinajstić information content (AvgIpc) is 2.37. The van der Waals surface area contributed by atoms with E-state index in [2.05, 4.69) is 6.92 Å². The van der Waals surface area contributed by atoms with E-state index in [1.807, 2.05) is 0 Å². The van der Waals surface area contributed by atoms with Crippen LogP contribution in [0.3, 0.4) is 0 Å². The summed E-state index contributed by atoms with van der Waals surface area (Å²) < 4.78 is 0. The first-order valence-electron chi connectivity index (χ1n) is 6.74. The maximum atomic E-state index is 12.5. The summed E-state index contributed by atoms with van der Waals surface area (Å²) in [5, 5.41) is 17.6. The van der Waals surface area contributed by atoms with Gasteiger partial charge >= 0.3 is 11.9 Å². The van der Waals surface area contributed by atoms with Crippen LogP contribution >= 0.6 is 0 Å². The van der Waals surface area contributed by atoms with E-state index in [9.17, 15) is 14.4 Å². The van der Waals surface area contributed by atoms with Gasteiger partial charge in [-0.25, -0.2) is 0 Å². The lowest BCUT2D eigenvalue weighted by molar-refractivity contribution is -0.155. The summed E-state index contributed by atoms with van der Waals surface area (Å²) in [6, 6.07) is 0. The molecule has 0 heterocycles. The number of carbonyl (C=O) groups excluding carboxylic acids is 1. The molecule has 0 aromatic carbocycles. The fourth-order valence-electron chi connectivity index (χ4n) is 2.68. The second-order valence-electron chi connectivity index (χ2n) is 5.62. The second-order valence-corrected chi connectivity index (χ2v) is 5.62. The van der Waals surface area contributed by atoms with E-state index in [1.54, 1.807) is 0 Å². The van der Waals surface area contributed by atoms with Crippen LogP contribution in [0.15, 0.2) is 0 Å². The Hall–Kier alpha value is -1.63. The van der Waals surface area contributed by atoms with Gasteiger partial charge in [-0.05, 0) is 31.6 Å². The Morgan fingerprint density at radius 3 is 1.95 bits per heavy atom. The third-order valence-corrected chi connectivity index (χ3v) is 4.02. The Kier molecular flexibility index (Phi) is 5.50. The quantitative estimate of drug-likeness (QED) is 0.638. The van der Waals surface area contributed by atoms with Gasteiger partial charge in [0.25, 0.3) is 0 Å². The Morgan fingerprint density at radius 2 is 1.60 bits per heavy atom. The molecule has 0 saturated heterocycles. The van der Waals surface area contributed by atoms with Crippen molar-refractivity contribution in [1.29, 1.82) is 0 Å². The van der Waals surface area contributed by atoms with Gasteiger partial charge in [0.05, 0.1) is 5.41 Å². The van der Waals surface area contributed by atoms with Crippen LogP contribution in [0.2, 0.25) is 0 Å². The van der Waals surface area contributed by atoms with Gasteiger partial charge in [0, 0.05) is 6.54 Å². The van der Waals surface area contributed by atoms with Crippen LogP contribution in [0, 0.1) is 11.3 Å². The summed E-state index contributed by atoms with van der Waals surface area (Å²) in [7, 11) is 0. The van der Waals surface area contributed by atoms with Crippen molar-refractivity contribution in [3.05, 3.63) is 0 Å². The van der Waals surface area contributed by atoms with Crippen LogP contribution in [-0.2, 0) is 14.4 Å². The second kappa shape index (κ2) is 6.69. The Balaban J connectivity index is 2.89. The Bertz CT molecular complexity index is 372. The maximum Gasteiger partial charge on any atom is 0.323 e. The number of rotatable bonds is 6. The highest BCUT2D eigenvalue weighted by molar-refractivity contribution is 5.89. The smallest absolute Gasteiger partial charge is 0.323 e. The lowest BCUT2D eigenvalue weighted by Gasteiger charge is -2.40. The molecule has 4 N–H and O–H groups in total. The predicted molar refractivity (Wildman–Crippen MR) is 71.0 cm³/mol. The number of amides is 1. The number of aliphatic carboxylic acids is 2. The molecular formula is C13H22N2O5. The van der Waals surface area contributed by atoms with Crippen LogP contribution in [-0.4, -0.2) is 52.6 Å². The van der Waals surface area contributed by atoms with Crippen LogP contribution in [0.25, 0.3) is 0 Å². The Labute approximate surface area is 117 Å². The van der Waals surface area contributed by atoms with E-state index < -0.39 is 36.4 Å². The molecule has 0 radical (unpaired) electrons. The van der Waals surface area contributed by atoms with Crippen molar-refractivity contribution < 1.29 is 24.6 Å². The highest BCUT2D eigenvalue weighted by atomic mass is 16.4. The summed E-state index contributed by atoms with van der Waals surface area (Å²) >= 11 is 0. The highest BCUT2D eigenvalue weighted by Crippen LogP contribution is 2.39. The summed E-state index contributed by atoms with van der Waals surface area (Å²) in [5.74, 6) is -2.39. The third kappa shape index (κ3) is 3.93. The van der Waals surface area contributed by atoms with Crippen molar-refractivity contribution >= 4 is 17.8 Å². The zero-order valence-corrected chi connectivity index (χ0v) is 11.7. The lowest BCUT2D eigenvalue weighted by atomic mass is 9.70. The predicted octanol–water partition coefficient (Wildman–Crippen LogP) is 0.139. The molecule has 1 rings (SSSR count). The molecule has 1 aliphatic rings. The lowest BCUT2D eigenvalue weighted by Crippen LogP contribution is -2.52. The first-order valence-corrected chi connectivity index (χ1v) is 6.74. The van der Waals surface area contributed by atoms with E-state index in [0.717, 1.165) is 17.7 Å². The van der Waals surface area contributed by atoms with Gasteiger partial charge < -0.3 is 20.8 Å². The number of nitrogens with zero attached hydrogens (tertiary/aromatic N) is 1. The van der Waals surface area contributed by atoms with Gasteiger partial charge in [-0.15, -0.1) is 0 Å². The number of nitrogens with two attached hydrogens (primary N) is 1. The molecular weight excluding hydrogens is 264 g/mol. The van der Waals surface area contributed by atoms with E-state index in [-0.39, 0.29) is 6.54 Å². The zero-order chi connectivity index (χ0) is 15.3. The SMILES string of the molecule is CC1CCC(CN)(C(=O)N(CC(=O)O)CC(=O)O)CC1. The fraction of sp³-hybridized carbons (Fsp3) is 0.769. The molecule has 7 nitrogen and oxygen atoms in total. The van der Waals surface area contributed by atoms with Crippen molar-refractivity contribution in [2.45, 2.75) is 32.6 Å². The molecule has 0 atom stereocenters. The average molecular weight is 286 g/mol. The first-order chi connectivity index (χ1) is 9.30. The first kappa shape index (κ1) is 16.4. The highest BCUT2D eigenvalue weighted by Gasteiger charge is 2.43. The number of hydrogen-bond acceptors (Lipinski definition) is 4. The fourth-order valence-corrected chi connectivity index (χ4v) is 2.68. The molecule has 114 valence electrons. The molecule has 1 saturated carbocycles. The van der Waals surface area contributed by atoms with Crippen LogP contribution in [0.4, 0.5) is 0 Å². The monoisotopic (exact) mass is 286 g/mol. The largest absolute Gasteiger partial charge is 0.480 e. The molecule has 1 amide bonds. The van der Waals surface area contributed by atoms with Gasteiger partial charge in [0.15, 0.2) is 0 Å². The molecule has 0 unspecified atom stereocenters. The normalized spacial score (nSPS) is 26.0. The zero-order valence-electron chi connectivity index (χ0n) is 11.7. The van der Waals surface area contributed by atoms with E-state index in [1.165, 1.54) is 0 Å². The van der Waals surface area contributed by atoms with Gasteiger partial charge in [0.1, 0.15) is 13.1 Å². The minimum absolute atomic E-state index is 0.119. The minimum atomic E-state index is -1.23. The summed E-state index contributed by atoms with van der Waals surface area (Å²) in [4.78, 5) is 35.0. The number of hydrogen-bond donors (Lipinski definition) is 3. The number of carboxylic acid groups (broad SMARTS) is 2. The van der Waals surface area contributed by atoms with Crippen molar-refractivity contribution in [2.24, 2.45) is 17.1 Å². The van der Waals surface area contributed by atoms with Gasteiger partial charge in [0.2, 0.25) is 5.91 Å². The van der Waals surface area contributed by atoms with Gasteiger partial charge in [-0.1, -0.05) is 6.92 Å². The van der Waals surface area contributed by atoms with E-state index in [0.29, 0.717) is 18.8 Å². The molecule has 0 bridgehead atoms. The topological polar surface area (TPSA) is 121 Å². The summed E-state index contributed by atoms with van der Waals surface area (Å²) in [6.07, 6.45) is 2.85. The molecule has 0 aromatic rings. The minimum Gasteiger partial charge on any atom is -0.480 e. The van der Waals surface area contributed by atoms with Crippen LogP contribution < -0.4 is 5.73 Å². The number of carbonyl (C=O) groups is 3. The molecule has 7 heteroatoms. The molecule has 0 aromatic heterocycles. The van der Waals surface area contributed by atoms with Crippen molar-refractivity contribution in [2.75, 3.05) is 19.6 Å². The van der Waals surface area contributed by atoms with Crippen LogP contribution in [0.1, 0.15) is 32.6 Å². The van der Waals surface area contributed by atoms with Crippen molar-refractivity contribution in [1.82, 2.24) is 4.90 Å². The van der Waals surface area contributed by atoms with Crippen molar-refractivity contribution in [3.63, 3.8) is 0 Å².